The van der Waals surface area contributed by atoms with Gasteiger partial charge in [0.1, 0.15) is 0 Å². The van der Waals surface area contributed by atoms with Gasteiger partial charge in [-0.15, -0.1) is 0 Å². The fourth-order valence-electron chi connectivity index (χ4n) is 1.86. The van der Waals surface area contributed by atoms with Gasteiger partial charge in [-0.1, -0.05) is 15.9 Å². The molecular weight excluding hydrogens is 308 g/mol. The average molecular weight is 327 g/mol. The first-order valence-corrected chi connectivity index (χ1v) is 7.14. The lowest BCUT2D eigenvalue weighted by molar-refractivity contribution is -0.130. The second-order valence-electron chi connectivity index (χ2n) is 4.22. The third kappa shape index (κ3) is 4.35. The zero-order chi connectivity index (χ0) is 14.4. The van der Waals surface area contributed by atoms with E-state index in [1.54, 1.807) is 23.1 Å². The Morgan fingerprint density at radius 2 is 1.84 bits per heavy atom. The molecule has 1 rings (SSSR count). The molecule has 0 radical (unpaired) electrons. The van der Waals surface area contributed by atoms with Crippen LogP contribution in [-0.4, -0.2) is 29.7 Å². The molecule has 0 aromatic heterocycles. The van der Waals surface area contributed by atoms with Gasteiger partial charge in [-0.25, -0.2) is 0 Å². The Hall–Kier alpha value is -1.36. The second kappa shape index (κ2) is 7.28. The number of carbonyl (C=O) groups excluding carboxylic acids is 2. The van der Waals surface area contributed by atoms with E-state index in [0.29, 0.717) is 24.3 Å². The number of rotatable bonds is 6. The van der Waals surface area contributed by atoms with Crippen LogP contribution in [0.1, 0.15) is 37.0 Å². The number of nitrogens with zero attached hydrogens (tertiary/aromatic N) is 1. The van der Waals surface area contributed by atoms with Crippen LogP contribution in [0.3, 0.4) is 0 Å². The molecule has 2 N–H and O–H groups in total. The molecule has 0 atom stereocenters. The molecular formula is C14H19BrN2O2. The van der Waals surface area contributed by atoms with Crippen LogP contribution in [0.15, 0.2) is 22.7 Å². The number of nitrogens with two attached hydrogens (primary N) is 1. The van der Waals surface area contributed by atoms with Crippen LogP contribution in [-0.2, 0) is 4.79 Å². The van der Waals surface area contributed by atoms with Crippen molar-refractivity contribution >= 4 is 33.3 Å². The topological polar surface area (TPSA) is 63.4 Å². The van der Waals surface area contributed by atoms with Crippen molar-refractivity contribution in [2.24, 2.45) is 0 Å². The van der Waals surface area contributed by atoms with Crippen molar-refractivity contribution in [2.45, 2.75) is 26.7 Å². The first-order chi connectivity index (χ1) is 8.99. The van der Waals surface area contributed by atoms with Gasteiger partial charge in [0, 0.05) is 41.7 Å². The maximum atomic E-state index is 12.0. The van der Waals surface area contributed by atoms with Crippen LogP contribution in [0.4, 0.5) is 5.69 Å². The fraction of sp³-hybridized carbons (Fsp3) is 0.429. The highest BCUT2D eigenvalue weighted by Crippen LogP contribution is 2.20. The smallest absolute Gasteiger partial charge is 0.223 e. The van der Waals surface area contributed by atoms with E-state index in [-0.39, 0.29) is 24.5 Å². The number of anilines is 1. The van der Waals surface area contributed by atoms with Crippen LogP contribution in [0, 0.1) is 0 Å². The van der Waals surface area contributed by atoms with Gasteiger partial charge in [0.05, 0.1) is 0 Å². The summed E-state index contributed by atoms with van der Waals surface area (Å²) >= 11 is 3.31. The maximum absolute atomic E-state index is 12.0. The molecule has 5 heteroatoms. The number of carbonyl (C=O) groups is 2. The number of halogens is 1. The van der Waals surface area contributed by atoms with Gasteiger partial charge >= 0.3 is 0 Å². The molecule has 0 bridgehead atoms. The van der Waals surface area contributed by atoms with Crippen molar-refractivity contribution in [2.75, 3.05) is 18.8 Å². The van der Waals surface area contributed by atoms with E-state index in [1.807, 2.05) is 13.8 Å². The predicted molar refractivity (Wildman–Crippen MR) is 80.0 cm³/mol. The maximum Gasteiger partial charge on any atom is 0.223 e. The lowest BCUT2D eigenvalue weighted by atomic mass is 10.0. The quantitative estimate of drug-likeness (QED) is 0.645. The minimum atomic E-state index is -0.0979. The Morgan fingerprint density at radius 3 is 2.42 bits per heavy atom. The van der Waals surface area contributed by atoms with Crippen molar-refractivity contribution in [3.05, 3.63) is 28.2 Å². The van der Waals surface area contributed by atoms with E-state index in [2.05, 4.69) is 15.9 Å². The molecule has 19 heavy (non-hydrogen) atoms. The van der Waals surface area contributed by atoms with Gasteiger partial charge in [0.15, 0.2) is 5.78 Å². The van der Waals surface area contributed by atoms with Gasteiger partial charge in [-0.3, -0.25) is 9.59 Å². The molecule has 104 valence electrons. The molecule has 1 aromatic rings. The number of benzene rings is 1. The molecule has 4 nitrogen and oxygen atoms in total. The summed E-state index contributed by atoms with van der Waals surface area (Å²) in [5.41, 5.74) is 6.69. The SMILES string of the molecule is CCN(CC)C(=O)CCC(=O)c1cc(Br)ccc1N. The Balaban J connectivity index is 2.65. The minimum absolute atomic E-state index is 0.00641. The monoisotopic (exact) mass is 326 g/mol. The van der Waals surface area contributed by atoms with Gasteiger partial charge in [0.2, 0.25) is 5.91 Å². The zero-order valence-electron chi connectivity index (χ0n) is 11.3. The van der Waals surface area contributed by atoms with E-state index in [4.69, 9.17) is 5.73 Å². The number of nitrogen functional groups attached to an aromatic ring is 1. The molecule has 0 unspecified atom stereocenters. The van der Waals surface area contributed by atoms with Gasteiger partial charge < -0.3 is 10.6 Å². The van der Waals surface area contributed by atoms with Gasteiger partial charge in [-0.05, 0) is 32.0 Å². The number of hydrogen-bond donors (Lipinski definition) is 1. The Morgan fingerprint density at radius 1 is 1.21 bits per heavy atom. The van der Waals surface area contributed by atoms with E-state index in [1.165, 1.54) is 0 Å². The summed E-state index contributed by atoms with van der Waals surface area (Å²) in [5, 5.41) is 0. The first kappa shape index (κ1) is 15.7. The highest BCUT2D eigenvalue weighted by atomic mass is 79.9. The summed E-state index contributed by atoms with van der Waals surface area (Å²) in [6.45, 7) is 5.19. The molecule has 0 heterocycles. The third-order valence-electron chi connectivity index (χ3n) is 3.00. The van der Waals surface area contributed by atoms with E-state index in [9.17, 15) is 9.59 Å². The second-order valence-corrected chi connectivity index (χ2v) is 5.14. The number of amides is 1. The van der Waals surface area contributed by atoms with Crippen molar-refractivity contribution in [3.8, 4) is 0 Å². The van der Waals surface area contributed by atoms with Crippen molar-refractivity contribution in [1.82, 2.24) is 4.90 Å². The molecule has 0 aliphatic carbocycles. The van der Waals surface area contributed by atoms with Crippen LogP contribution >= 0.6 is 15.9 Å². The molecule has 0 aliphatic heterocycles. The molecule has 0 fully saturated rings. The van der Waals surface area contributed by atoms with Gasteiger partial charge in [-0.2, -0.15) is 0 Å². The highest BCUT2D eigenvalue weighted by molar-refractivity contribution is 9.10. The molecule has 0 aliphatic rings. The summed E-state index contributed by atoms with van der Waals surface area (Å²) in [4.78, 5) is 25.6. The van der Waals surface area contributed by atoms with Crippen LogP contribution in [0.2, 0.25) is 0 Å². The van der Waals surface area contributed by atoms with Crippen LogP contribution in [0.25, 0.3) is 0 Å². The van der Waals surface area contributed by atoms with Gasteiger partial charge in [0.25, 0.3) is 0 Å². The van der Waals surface area contributed by atoms with E-state index >= 15 is 0 Å². The average Bonchev–Trinajstić information content (AvgIpc) is 2.40. The number of ketones is 1. The Labute approximate surface area is 122 Å². The summed E-state index contributed by atoms with van der Waals surface area (Å²) < 4.78 is 0.806. The molecule has 1 amide bonds. The molecule has 0 saturated heterocycles. The minimum Gasteiger partial charge on any atom is -0.398 e. The Bertz CT molecular complexity index is 471. The number of hydrogen-bond acceptors (Lipinski definition) is 3. The molecule has 1 aromatic carbocycles. The van der Waals surface area contributed by atoms with Crippen molar-refractivity contribution in [1.29, 1.82) is 0 Å². The normalized spacial score (nSPS) is 10.3. The fourth-order valence-corrected chi connectivity index (χ4v) is 2.22. The largest absolute Gasteiger partial charge is 0.398 e. The van der Waals surface area contributed by atoms with Crippen LogP contribution < -0.4 is 5.73 Å². The van der Waals surface area contributed by atoms with Crippen LogP contribution in [0.5, 0.6) is 0 Å². The van der Waals surface area contributed by atoms with E-state index in [0.717, 1.165) is 4.47 Å². The lowest BCUT2D eigenvalue weighted by Crippen LogP contribution is -2.30. The van der Waals surface area contributed by atoms with E-state index < -0.39 is 0 Å². The summed E-state index contributed by atoms with van der Waals surface area (Å²) in [5.74, 6) is -0.0915. The Kier molecular flexibility index (Phi) is 6.02. The third-order valence-corrected chi connectivity index (χ3v) is 3.49. The summed E-state index contributed by atoms with van der Waals surface area (Å²) in [6, 6.07) is 5.16. The predicted octanol–water partition coefficient (Wildman–Crippen LogP) is 2.86. The first-order valence-electron chi connectivity index (χ1n) is 6.35. The molecule has 0 spiro atoms. The zero-order valence-corrected chi connectivity index (χ0v) is 12.9. The summed E-state index contributed by atoms with van der Waals surface area (Å²) in [6.07, 6.45) is 0.419. The lowest BCUT2D eigenvalue weighted by Gasteiger charge is -2.18. The van der Waals surface area contributed by atoms with Crippen molar-refractivity contribution in [3.63, 3.8) is 0 Å². The van der Waals surface area contributed by atoms with Crippen molar-refractivity contribution < 1.29 is 9.59 Å². The molecule has 0 saturated carbocycles. The summed E-state index contributed by atoms with van der Waals surface area (Å²) in [7, 11) is 0. The standard InChI is InChI=1S/C14H19BrN2O2/c1-3-17(4-2)14(19)8-7-13(18)11-9-10(15)5-6-12(11)16/h5-6,9H,3-4,7-8,16H2,1-2H3. The number of Topliss-reactive ketones (excluding diaryl/α,β-unsaturated/α-hetero) is 1. The highest BCUT2D eigenvalue weighted by Gasteiger charge is 2.15.